The quantitative estimate of drug-likeness (QED) is 0.842. The summed E-state index contributed by atoms with van der Waals surface area (Å²) < 4.78 is 0. The molecule has 0 amide bonds. The van der Waals surface area contributed by atoms with Crippen molar-refractivity contribution in [3.8, 4) is 0 Å². The van der Waals surface area contributed by atoms with Gasteiger partial charge in [-0.3, -0.25) is 0 Å². The number of nitrogens with one attached hydrogen (secondary N) is 1. The SMILES string of the molecule is CCNCC1(c2ccc(C(C)(C)C)cc2)CCCC1C. The van der Waals surface area contributed by atoms with Crippen molar-refractivity contribution in [1.29, 1.82) is 0 Å². The first kappa shape index (κ1) is 15.6. The minimum Gasteiger partial charge on any atom is -0.316 e. The van der Waals surface area contributed by atoms with Crippen molar-refractivity contribution in [3.63, 3.8) is 0 Å². The second-order valence-electron chi connectivity index (χ2n) is 7.56. The van der Waals surface area contributed by atoms with E-state index in [1.165, 1.54) is 30.4 Å². The van der Waals surface area contributed by atoms with E-state index in [1.54, 1.807) is 0 Å². The molecule has 0 saturated heterocycles. The maximum atomic E-state index is 3.60. The van der Waals surface area contributed by atoms with Crippen molar-refractivity contribution in [2.75, 3.05) is 13.1 Å². The van der Waals surface area contributed by atoms with Crippen LogP contribution in [0.3, 0.4) is 0 Å². The molecular weight excluding hydrogens is 242 g/mol. The summed E-state index contributed by atoms with van der Waals surface area (Å²) in [6.45, 7) is 13.7. The third-order valence-electron chi connectivity index (χ3n) is 5.22. The minimum atomic E-state index is 0.245. The molecule has 0 aromatic heterocycles. The maximum Gasteiger partial charge on any atom is 0.0103 e. The lowest BCUT2D eigenvalue weighted by molar-refractivity contribution is 0.320. The number of benzene rings is 1. The minimum absolute atomic E-state index is 0.245. The molecule has 0 radical (unpaired) electrons. The van der Waals surface area contributed by atoms with Gasteiger partial charge in [0, 0.05) is 12.0 Å². The summed E-state index contributed by atoms with van der Waals surface area (Å²) in [6.07, 6.45) is 4.07. The van der Waals surface area contributed by atoms with E-state index in [2.05, 4.69) is 64.2 Å². The molecule has 2 atom stereocenters. The summed E-state index contributed by atoms with van der Waals surface area (Å²) in [5, 5.41) is 3.60. The zero-order chi connectivity index (χ0) is 14.8. The fraction of sp³-hybridized carbons (Fsp3) is 0.684. The van der Waals surface area contributed by atoms with Gasteiger partial charge in [-0.2, -0.15) is 0 Å². The van der Waals surface area contributed by atoms with E-state index in [4.69, 9.17) is 0 Å². The highest BCUT2D eigenvalue weighted by atomic mass is 14.9. The Balaban J connectivity index is 2.30. The average molecular weight is 273 g/mol. The van der Waals surface area contributed by atoms with E-state index in [1.807, 2.05) is 0 Å². The molecule has 1 aliphatic carbocycles. The van der Waals surface area contributed by atoms with Gasteiger partial charge in [0.05, 0.1) is 0 Å². The van der Waals surface area contributed by atoms with Crippen molar-refractivity contribution in [3.05, 3.63) is 35.4 Å². The molecule has 2 rings (SSSR count). The van der Waals surface area contributed by atoms with Gasteiger partial charge >= 0.3 is 0 Å². The molecule has 1 aromatic rings. The van der Waals surface area contributed by atoms with Crippen LogP contribution in [0.5, 0.6) is 0 Å². The molecule has 2 unspecified atom stereocenters. The molecule has 0 heterocycles. The molecule has 1 aliphatic rings. The largest absolute Gasteiger partial charge is 0.316 e. The van der Waals surface area contributed by atoms with Crippen molar-refractivity contribution >= 4 is 0 Å². The van der Waals surface area contributed by atoms with E-state index in [0.29, 0.717) is 5.41 Å². The van der Waals surface area contributed by atoms with E-state index < -0.39 is 0 Å². The molecule has 1 fully saturated rings. The van der Waals surface area contributed by atoms with Gasteiger partial charge in [-0.1, -0.05) is 65.3 Å². The van der Waals surface area contributed by atoms with Crippen molar-refractivity contribution in [1.82, 2.24) is 5.32 Å². The second kappa shape index (κ2) is 5.89. The first-order valence-corrected chi connectivity index (χ1v) is 8.22. The molecule has 1 saturated carbocycles. The van der Waals surface area contributed by atoms with Gasteiger partial charge in [0.1, 0.15) is 0 Å². The Morgan fingerprint density at radius 1 is 1.20 bits per heavy atom. The van der Waals surface area contributed by atoms with Crippen LogP contribution in [-0.2, 0) is 10.8 Å². The number of rotatable bonds is 4. The summed E-state index contributed by atoms with van der Waals surface area (Å²) >= 11 is 0. The first-order valence-electron chi connectivity index (χ1n) is 8.22. The molecule has 1 aromatic carbocycles. The summed E-state index contributed by atoms with van der Waals surface area (Å²) in [5.74, 6) is 0.780. The Labute approximate surface area is 125 Å². The lowest BCUT2D eigenvalue weighted by Gasteiger charge is -2.35. The summed E-state index contributed by atoms with van der Waals surface area (Å²) in [6, 6.07) is 9.46. The average Bonchev–Trinajstić information content (AvgIpc) is 2.78. The summed E-state index contributed by atoms with van der Waals surface area (Å²) in [4.78, 5) is 0. The lowest BCUT2D eigenvalue weighted by Crippen LogP contribution is -2.40. The molecule has 112 valence electrons. The van der Waals surface area contributed by atoms with E-state index in [9.17, 15) is 0 Å². The summed E-state index contributed by atoms with van der Waals surface area (Å²) in [5.41, 5.74) is 3.57. The van der Waals surface area contributed by atoms with Crippen LogP contribution in [0.4, 0.5) is 0 Å². The normalized spacial score (nSPS) is 26.9. The fourth-order valence-electron chi connectivity index (χ4n) is 3.69. The Morgan fingerprint density at radius 2 is 1.85 bits per heavy atom. The Morgan fingerprint density at radius 3 is 2.30 bits per heavy atom. The zero-order valence-corrected chi connectivity index (χ0v) is 13.9. The van der Waals surface area contributed by atoms with Gasteiger partial charge in [-0.25, -0.2) is 0 Å². The molecule has 20 heavy (non-hydrogen) atoms. The molecule has 1 N–H and O–H groups in total. The summed E-state index contributed by atoms with van der Waals surface area (Å²) in [7, 11) is 0. The predicted octanol–water partition coefficient (Wildman–Crippen LogP) is 4.65. The highest BCUT2D eigenvalue weighted by molar-refractivity contribution is 5.34. The van der Waals surface area contributed by atoms with Crippen LogP contribution in [-0.4, -0.2) is 13.1 Å². The molecule has 1 nitrogen and oxygen atoms in total. The third kappa shape index (κ3) is 2.93. The highest BCUT2D eigenvalue weighted by Crippen LogP contribution is 2.45. The maximum absolute atomic E-state index is 3.60. The lowest BCUT2D eigenvalue weighted by atomic mass is 9.72. The van der Waals surface area contributed by atoms with Crippen LogP contribution in [0.25, 0.3) is 0 Å². The van der Waals surface area contributed by atoms with Gasteiger partial charge in [0.15, 0.2) is 0 Å². The molecule has 0 spiro atoms. The Kier molecular flexibility index (Phi) is 4.59. The third-order valence-corrected chi connectivity index (χ3v) is 5.22. The molecule has 0 aliphatic heterocycles. The Hall–Kier alpha value is -0.820. The number of hydrogen-bond donors (Lipinski definition) is 1. The van der Waals surface area contributed by atoms with Gasteiger partial charge in [0.25, 0.3) is 0 Å². The van der Waals surface area contributed by atoms with Gasteiger partial charge in [-0.15, -0.1) is 0 Å². The topological polar surface area (TPSA) is 12.0 Å². The van der Waals surface area contributed by atoms with E-state index in [0.717, 1.165) is 19.0 Å². The van der Waals surface area contributed by atoms with Crippen LogP contribution in [0.2, 0.25) is 0 Å². The molecule has 0 bridgehead atoms. The van der Waals surface area contributed by atoms with Crippen LogP contribution in [0, 0.1) is 5.92 Å². The molecule has 1 heteroatoms. The fourth-order valence-corrected chi connectivity index (χ4v) is 3.69. The van der Waals surface area contributed by atoms with Gasteiger partial charge in [0.2, 0.25) is 0 Å². The highest BCUT2D eigenvalue weighted by Gasteiger charge is 2.41. The smallest absolute Gasteiger partial charge is 0.0103 e. The van der Waals surface area contributed by atoms with E-state index >= 15 is 0 Å². The van der Waals surface area contributed by atoms with Crippen LogP contribution < -0.4 is 5.32 Å². The number of likely N-dealkylation sites (N-methyl/N-ethyl adjacent to an activating group) is 1. The Bertz CT molecular complexity index is 426. The van der Waals surface area contributed by atoms with Crippen molar-refractivity contribution < 1.29 is 0 Å². The predicted molar refractivity (Wildman–Crippen MR) is 88.4 cm³/mol. The van der Waals surface area contributed by atoms with Crippen LogP contribution in [0.1, 0.15) is 65.0 Å². The molecular formula is C19H31N. The van der Waals surface area contributed by atoms with Crippen molar-refractivity contribution in [2.45, 2.75) is 64.7 Å². The number of hydrogen-bond acceptors (Lipinski definition) is 1. The standard InChI is InChI=1S/C19H31N/c1-6-20-14-19(13-7-8-15(19)2)17-11-9-16(10-12-17)18(3,4)5/h9-12,15,20H,6-8,13-14H2,1-5H3. The van der Waals surface area contributed by atoms with Crippen LogP contribution in [0.15, 0.2) is 24.3 Å². The van der Waals surface area contributed by atoms with Crippen LogP contribution >= 0.6 is 0 Å². The first-order chi connectivity index (χ1) is 9.40. The van der Waals surface area contributed by atoms with Gasteiger partial charge < -0.3 is 5.32 Å². The zero-order valence-electron chi connectivity index (χ0n) is 13.9. The second-order valence-corrected chi connectivity index (χ2v) is 7.56. The van der Waals surface area contributed by atoms with Crippen molar-refractivity contribution in [2.24, 2.45) is 5.92 Å². The van der Waals surface area contributed by atoms with E-state index in [-0.39, 0.29) is 5.41 Å². The van der Waals surface area contributed by atoms with Gasteiger partial charge in [-0.05, 0) is 41.8 Å². The monoisotopic (exact) mass is 273 g/mol.